The summed E-state index contributed by atoms with van der Waals surface area (Å²) < 4.78 is 24.6. The number of hydrogen-bond acceptors (Lipinski definition) is 7. The van der Waals surface area contributed by atoms with Crippen LogP contribution < -0.4 is 10.2 Å². The number of fused-ring (bicyclic) bond motifs is 1. The van der Waals surface area contributed by atoms with Crippen molar-refractivity contribution in [1.82, 2.24) is 14.9 Å². The fourth-order valence-electron chi connectivity index (χ4n) is 3.33. The van der Waals surface area contributed by atoms with Gasteiger partial charge in [-0.3, -0.25) is 9.74 Å². The molecule has 0 saturated carbocycles. The number of morpholine rings is 1. The molecule has 3 aromatic rings. The number of ether oxygens (including phenoxy) is 2. The molecular formula is C22H24ClFN4O3. The summed E-state index contributed by atoms with van der Waals surface area (Å²) in [5, 5.41) is 0.842. The SMILES string of the molecule is Fc1ccc(CONc2ncnc3ccc(OCCCN4CCOCC4)cc23)cc1Cl. The molecule has 1 N–H and O–H groups in total. The molecule has 7 nitrogen and oxygen atoms in total. The van der Waals surface area contributed by atoms with Crippen LogP contribution in [0.25, 0.3) is 10.9 Å². The van der Waals surface area contributed by atoms with Gasteiger partial charge < -0.3 is 9.47 Å². The van der Waals surface area contributed by atoms with Crippen LogP contribution in [0.15, 0.2) is 42.7 Å². The van der Waals surface area contributed by atoms with Crippen molar-refractivity contribution >= 4 is 28.3 Å². The van der Waals surface area contributed by atoms with Crippen LogP contribution in [0.5, 0.6) is 5.75 Å². The van der Waals surface area contributed by atoms with Crippen LogP contribution >= 0.6 is 11.6 Å². The summed E-state index contributed by atoms with van der Waals surface area (Å²) in [7, 11) is 0. The second-order valence-electron chi connectivity index (χ2n) is 7.20. The minimum atomic E-state index is -0.461. The number of anilines is 1. The Bertz CT molecular complexity index is 1020. The molecule has 1 saturated heterocycles. The van der Waals surface area contributed by atoms with E-state index in [1.54, 1.807) is 6.07 Å². The molecule has 4 rings (SSSR count). The van der Waals surface area contributed by atoms with Crippen molar-refractivity contribution in [3.05, 3.63) is 59.1 Å². The zero-order chi connectivity index (χ0) is 21.5. The maximum atomic E-state index is 13.3. The van der Waals surface area contributed by atoms with E-state index in [1.165, 1.54) is 18.5 Å². The van der Waals surface area contributed by atoms with Gasteiger partial charge >= 0.3 is 0 Å². The molecule has 0 amide bonds. The highest BCUT2D eigenvalue weighted by atomic mass is 35.5. The van der Waals surface area contributed by atoms with Gasteiger partial charge in [0.05, 0.1) is 37.0 Å². The molecule has 0 aliphatic carbocycles. The first-order chi connectivity index (χ1) is 15.2. The largest absolute Gasteiger partial charge is 0.494 e. The fraction of sp³-hybridized carbons (Fsp3) is 0.364. The first-order valence-corrected chi connectivity index (χ1v) is 10.6. The van der Waals surface area contributed by atoms with E-state index in [-0.39, 0.29) is 11.6 Å². The van der Waals surface area contributed by atoms with E-state index in [0.29, 0.717) is 12.4 Å². The Morgan fingerprint density at radius 1 is 1.13 bits per heavy atom. The second kappa shape index (κ2) is 10.7. The zero-order valence-electron chi connectivity index (χ0n) is 17.0. The van der Waals surface area contributed by atoms with Gasteiger partial charge in [-0.15, -0.1) is 0 Å². The van der Waals surface area contributed by atoms with Crippen LogP contribution in [-0.4, -0.2) is 54.3 Å². The highest BCUT2D eigenvalue weighted by molar-refractivity contribution is 6.30. The van der Waals surface area contributed by atoms with Crippen LogP contribution in [0.4, 0.5) is 10.2 Å². The number of hydrogen-bond donors (Lipinski definition) is 1. The molecule has 31 heavy (non-hydrogen) atoms. The number of nitrogens with zero attached hydrogens (tertiary/aromatic N) is 3. The summed E-state index contributed by atoms with van der Waals surface area (Å²) >= 11 is 5.81. The van der Waals surface area contributed by atoms with Crippen molar-refractivity contribution < 1.29 is 18.7 Å². The Balaban J connectivity index is 1.33. The predicted octanol–water partition coefficient (Wildman–Crippen LogP) is 4.07. The van der Waals surface area contributed by atoms with Crippen molar-refractivity contribution in [2.24, 2.45) is 0 Å². The van der Waals surface area contributed by atoms with E-state index in [9.17, 15) is 4.39 Å². The minimum Gasteiger partial charge on any atom is -0.494 e. The fourth-order valence-corrected chi connectivity index (χ4v) is 3.53. The normalized spacial score (nSPS) is 14.6. The number of halogens is 2. The molecule has 2 heterocycles. The third kappa shape index (κ3) is 6.01. The van der Waals surface area contributed by atoms with Crippen LogP contribution in [0.1, 0.15) is 12.0 Å². The van der Waals surface area contributed by atoms with E-state index in [0.717, 1.165) is 61.5 Å². The van der Waals surface area contributed by atoms with Crippen molar-refractivity contribution in [2.75, 3.05) is 44.9 Å². The summed E-state index contributed by atoms with van der Waals surface area (Å²) in [6.07, 6.45) is 2.41. The molecule has 0 spiro atoms. The second-order valence-corrected chi connectivity index (χ2v) is 7.60. The monoisotopic (exact) mass is 446 g/mol. The Kier molecular flexibility index (Phi) is 7.48. The van der Waals surface area contributed by atoms with Gasteiger partial charge in [-0.2, -0.15) is 0 Å². The Morgan fingerprint density at radius 3 is 2.84 bits per heavy atom. The Labute approximate surface area is 185 Å². The van der Waals surface area contributed by atoms with Gasteiger partial charge in [0.15, 0.2) is 5.82 Å². The number of nitrogens with one attached hydrogen (secondary N) is 1. The first-order valence-electron chi connectivity index (χ1n) is 10.2. The van der Waals surface area contributed by atoms with Gasteiger partial charge in [0.25, 0.3) is 0 Å². The summed E-state index contributed by atoms with van der Waals surface area (Å²) in [5.74, 6) is 0.812. The molecule has 1 aromatic heterocycles. The van der Waals surface area contributed by atoms with Gasteiger partial charge in [-0.1, -0.05) is 17.7 Å². The molecule has 2 aromatic carbocycles. The van der Waals surface area contributed by atoms with E-state index in [1.807, 2.05) is 18.2 Å². The smallest absolute Gasteiger partial charge is 0.161 e. The lowest BCUT2D eigenvalue weighted by atomic mass is 10.2. The van der Waals surface area contributed by atoms with E-state index in [2.05, 4.69) is 20.3 Å². The molecular weight excluding hydrogens is 423 g/mol. The quantitative estimate of drug-likeness (QED) is 0.392. The molecule has 0 radical (unpaired) electrons. The molecule has 1 aliphatic heterocycles. The van der Waals surface area contributed by atoms with E-state index < -0.39 is 5.82 Å². The van der Waals surface area contributed by atoms with Crippen molar-refractivity contribution in [3.63, 3.8) is 0 Å². The average molecular weight is 447 g/mol. The molecule has 0 bridgehead atoms. The van der Waals surface area contributed by atoms with Gasteiger partial charge in [0.1, 0.15) is 17.9 Å². The van der Waals surface area contributed by atoms with E-state index in [4.69, 9.17) is 25.9 Å². The van der Waals surface area contributed by atoms with E-state index >= 15 is 0 Å². The van der Waals surface area contributed by atoms with Crippen LogP contribution in [0, 0.1) is 5.82 Å². The molecule has 0 atom stereocenters. The molecule has 1 fully saturated rings. The number of rotatable bonds is 9. The van der Waals surface area contributed by atoms with Gasteiger partial charge in [0.2, 0.25) is 0 Å². The highest BCUT2D eigenvalue weighted by Crippen LogP contribution is 2.25. The molecule has 9 heteroatoms. The lowest BCUT2D eigenvalue weighted by Crippen LogP contribution is -2.37. The maximum Gasteiger partial charge on any atom is 0.161 e. The molecule has 164 valence electrons. The highest BCUT2D eigenvalue weighted by Gasteiger charge is 2.10. The Hall–Kier alpha value is -2.52. The third-order valence-corrected chi connectivity index (χ3v) is 5.28. The predicted molar refractivity (Wildman–Crippen MR) is 117 cm³/mol. The summed E-state index contributed by atoms with van der Waals surface area (Å²) in [6.45, 7) is 5.38. The van der Waals surface area contributed by atoms with Gasteiger partial charge in [0, 0.05) is 25.0 Å². The lowest BCUT2D eigenvalue weighted by Gasteiger charge is -2.26. The molecule has 1 aliphatic rings. The number of benzene rings is 2. The van der Waals surface area contributed by atoms with Gasteiger partial charge in [-0.05, 0) is 42.3 Å². The number of aromatic nitrogens is 2. The Morgan fingerprint density at radius 2 is 2.00 bits per heavy atom. The van der Waals surface area contributed by atoms with Gasteiger partial charge in [-0.25, -0.2) is 19.8 Å². The van der Waals surface area contributed by atoms with Crippen LogP contribution in [0.2, 0.25) is 5.02 Å². The maximum absolute atomic E-state index is 13.3. The van der Waals surface area contributed by atoms with Crippen molar-refractivity contribution in [1.29, 1.82) is 0 Å². The van der Waals surface area contributed by atoms with Crippen molar-refractivity contribution in [3.8, 4) is 5.75 Å². The summed E-state index contributed by atoms with van der Waals surface area (Å²) in [4.78, 5) is 16.5. The average Bonchev–Trinajstić information content (AvgIpc) is 2.80. The standard InChI is InChI=1S/C22H24ClFN4O3/c23-19-12-16(2-4-20(19)24)14-31-27-22-18-13-17(3-5-21(18)25-15-26-22)30-9-1-6-28-7-10-29-11-8-28/h2-5,12-13,15H,1,6-11,14H2,(H,25,26,27). The summed E-state index contributed by atoms with van der Waals surface area (Å²) in [6, 6.07) is 10.1. The minimum absolute atomic E-state index is 0.0593. The van der Waals surface area contributed by atoms with Crippen LogP contribution in [-0.2, 0) is 16.2 Å². The topological polar surface area (TPSA) is 68.7 Å². The summed E-state index contributed by atoms with van der Waals surface area (Å²) in [5.41, 5.74) is 4.35. The van der Waals surface area contributed by atoms with Crippen LogP contribution in [0.3, 0.4) is 0 Å². The lowest BCUT2D eigenvalue weighted by molar-refractivity contribution is 0.0358. The zero-order valence-corrected chi connectivity index (χ0v) is 17.8. The first kappa shape index (κ1) is 21.7. The molecule has 0 unspecified atom stereocenters. The third-order valence-electron chi connectivity index (χ3n) is 4.99. The van der Waals surface area contributed by atoms with Crippen molar-refractivity contribution in [2.45, 2.75) is 13.0 Å².